The molecule has 13 heavy (non-hydrogen) atoms. The number of hydrogen-bond donors (Lipinski definition) is 1. The molecule has 0 heterocycles. The van der Waals surface area contributed by atoms with E-state index in [2.05, 4.69) is 20.7 Å². The maximum Gasteiger partial charge on any atom is 0.341 e. The fourth-order valence-electron chi connectivity index (χ4n) is 0.833. The standard InChI is InChI=1S/C8H6BrFO3/c1-13-8(12)5-2-4(9)3-6(11)7(5)10/h2-3,11H,1H3. The average Bonchev–Trinajstić information content (AvgIpc) is 2.10. The number of aromatic hydroxyl groups is 1. The molecular formula is C8H6BrFO3. The molecular weight excluding hydrogens is 243 g/mol. The van der Waals surface area contributed by atoms with Crippen LogP contribution in [0.3, 0.4) is 0 Å². The Labute approximate surface area is 82.3 Å². The van der Waals surface area contributed by atoms with Crippen LogP contribution in [-0.2, 0) is 4.74 Å². The van der Waals surface area contributed by atoms with Crippen LogP contribution in [0.2, 0.25) is 0 Å². The number of hydrogen-bond acceptors (Lipinski definition) is 3. The lowest BCUT2D eigenvalue weighted by molar-refractivity contribution is 0.0594. The number of halogens is 2. The fraction of sp³-hybridized carbons (Fsp3) is 0.125. The topological polar surface area (TPSA) is 46.5 Å². The molecule has 0 atom stereocenters. The van der Waals surface area contributed by atoms with Crippen LogP contribution in [0.25, 0.3) is 0 Å². The lowest BCUT2D eigenvalue weighted by Crippen LogP contribution is -2.04. The fourth-order valence-corrected chi connectivity index (χ4v) is 1.28. The van der Waals surface area contributed by atoms with Crippen molar-refractivity contribution in [3.8, 4) is 5.75 Å². The van der Waals surface area contributed by atoms with E-state index in [1.807, 2.05) is 0 Å². The van der Waals surface area contributed by atoms with E-state index >= 15 is 0 Å². The monoisotopic (exact) mass is 248 g/mol. The van der Waals surface area contributed by atoms with Crippen LogP contribution in [0.15, 0.2) is 16.6 Å². The third-order valence-electron chi connectivity index (χ3n) is 1.42. The number of methoxy groups -OCH3 is 1. The maximum atomic E-state index is 13.0. The van der Waals surface area contributed by atoms with Crippen molar-refractivity contribution >= 4 is 21.9 Å². The van der Waals surface area contributed by atoms with Gasteiger partial charge in [-0.15, -0.1) is 0 Å². The number of ether oxygens (including phenoxy) is 1. The molecule has 0 spiro atoms. The highest BCUT2D eigenvalue weighted by molar-refractivity contribution is 9.10. The van der Waals surface area contributed by atoms with Crippen molar-refractivity contribution in [3.63, 3.8) is 0 Å². The number of carbonyl (C=O) groups excluding carboxylic acids is 1. The van der Waals surface area contributed by atoms with Crippen molar-refractivity contribution in [2.24, 2.45) is 0 Å². The summed E-state index contributed by atoms with van der Waals surface area (Å²) in [7, 11) is 1.14. The van der Waals surface area contributed by atoms with Crippen molar-refractivity contribution in [1.82, 2.24) is 0 Å². The van der Waals surface area contributed by atoms with Gasteiger partial charge in [0.2, 0.25) is 0 Å². The second kappa shape index (κ2) is 3.74. The van der Waals surface area contributed by atoms with Gasteiger partial charge in [-0.3, -0.25) is 0 Å². The van der Waals surface area contributed by atoms with Crippen LogP contribution in [0.5, 0.6) is 5.75 Å². The highest BCUT2D eigenvalue weighted by Gasteiger charge is 2.16. The lowest BCUT2D eigenvalue weighted by atomic mass is 10.2. The Bertz CT molecular complexity index is 351. The third-order valence-corrected chi connectivity index (χ3v) is 1.88. The van der Waals surface area contributed by atoms with Crippen LogP contribution in [-0.4, -0.2) is 18.2 Å². The van der Waals surface area contributed by atoms with E-state index in [9.17, 15) is 9.18 Å². The van der Waals surface area contributed by atoms with E-state index in [-0.39, 0.29) is 5.56 Å². The molecule has 1 aromatic carbocycles. The number of rotatable bonds is 1. The molecule has 0 radical (unpaired) electrons. The molecule has 0 amide bonds. The Kier molecular flexibility index (Phi) is 2.87. The predicted octanol–water partition coefficient (Wildman–Crippen LogP) is 2.08. The molecule has 0 aliphatic rings. The van der Waals surface area contributed by atoms with Gasteiger partial charge in [-0.25, -0.2) is 9.18 Å². The molecule has 0 saturated carbocycles. The zero-order valence-electron chi connectivity index (χ0n) is 6.67. The first-order valence-electron chi connectivity index (χ1n) is 3.32. The van der Waals surface area contributed by atoms with Gasteiger partial charge < -0.3 is 9.84 Å². The summed E-state index contributed by atoms with van der Waals surface area (Å²) in [6.07, 6.45) is 0. The van der Waals surface area contributed by atoms with Gasteiger partial charge in [0.05, 0.1) is 7.11 Å². The molecule has 1 N–H and O–H groups in total. The van der Waals surface area contributed by atoms with E-state index < -0.39 is 17.5 Å². The van der Waals surface area contributed by atoms with Crippen molar-refractivity contribution in [2.45, 2.75) is 0 Å². The molecule has 0 bridgehead atoms. The summed E-state index contributed by atoms with van der Waals surface area (Å²) >= 11 is 3.01. The molecule has 0 unspecified atom stereocenters. The van der Waals surface area contributed by atoms with Gasteiger partial charge in [-0.05, 0) is 12.1 Å². The third kappa shape index (κ3) is 1.98. The number of phenols is 1. The van der Waals surface area contributed by atoms with Gasteiger partial charge in [-0.1, -0.05) is 15.9 Å². The van der Waals surface area contributed by atoms with Crippen LogP contribution in [0.4, 0.5) is 4.39 Å². The summed E-state index contributed by atoms with van der Waals surface area (Å²) in [5, 5.41) is 9.01. The van der Waals surface area contributed by atoms with Gasteiger partial charge >= 0.3 is 5.97 Å². The SMILES string of the molecule is COC(=O)c1cc(Br)cc(O)c1F. The van der Waals surface area contributed by atoms with E-state index in [1.165, 1.54) is 6.07 Å². The van der Waals surface area contributed by atoms with Crippen LogP contribution < -0.4 is 0 Å². The minimum Gasteiger partial charge on any atom is -0.505 e. The molecule has 5 heteroatoms. The number of esters is 1. The molecule has 3 nitrogen and oxygen atoms in total. The Balaban J connectivity index is 3.28. The first-order chi connectivity index (χ1) is 6.06. The normalized spacial score (nSPS) is 9.77. The molecule has 0 aliphatic heterocycles. The van der Waals surface area contributed by atoms with E-state index in [0.717, 1.165) is 13.2 Å². The van der Waals surface area contributed by atoms with E-state index in [4.69, 9.17) is 5.11 Å². The molecule has 70 valence electrons. The van der Waals surface area contributed by atoms with Crippen LogP contribution in [0.1, 0.15) is 10.4 Å². The maximum absolute atomic E-state index is 13.0. The smallest absolute Gasteiger partial charge is 0.341 e. The van der Waals surface area contributed by atoms with Crippen molar-refractivity contribution in [2.75, 3.05) is 7.11 Å². The van der Waals surface area contributed by atoms with Crippen molar-refractivity contribution in [1.29, 1.82) is 0 Å². The number of carbonyl (C=O) groups is 1. The lowest BCUT2D eigenvalue weighted by Gasteiger charge is -2.03. The van der Waals surface area contributed by atoms with Gasteiger partial charge in [-0.2, -0.15) is 0 Å². The summed E-state index contributed by atoms with van der Waals surface area (Å²) in [5.41, 5.74) is -0.297. The minimum atomic E-state index is -0.977. The van der Waals surface area contributed by atoms with E-state index in [1.54, 1.807) is 0 Å². The summed E-state index contributed by atoms with van der Waals surface area (Å²) in [5.74, 6) is -2.39. The predicted molar refractivity (Wildman–Crippen MR) is 47.1 cm³/mol. The summed E-state index contributed by atoms with van der Waals surface area (Å²) < 4.78 is 17.8. The highest BCUT2D eigenvalue weighted by atomic mass is 79.9. The summed E-state index contributed by atoms with van der Waals surface area (Å²) in [4.78, 5) is 10.9. The van der Waals surface area contributed by atoms with Crippen LogP contribution in [0, 0.1) is 5.82 Å². The first kappa shape index (κ1) is 9.98. The summed E-state index contributed by atoms with van der Waals surface area (Å²) in [6, 6.07) is 2.39. The van der Waals surface area contributed by atoms with Gasteiger partial charge in [0.25, 0.3) is 0 Å². The first-order valence-corrected chi connectivity index (χ1v) is 4.12. The van der Waals surface area contributed by atoms with Crippen LogP contribution >= 0.6 is 15.9 Å². The number of benzene rings is 1. The zero-order chi connectivity index (χ0) is 10.0. The molecule has 1 aromatic rings. The molecule has 0 aliphatic carbocycles. The Morgan fingerprint density at radius 1 is 1.62 bits per heavy atom. The Morgan fingerprint density at radius 2 is 2.23 bits per heavy atom. The number of phenolic OH excluding ortho intramolecular Hbond substituents is 1. The van der Waals surface area contributed by atoms with Gasteiger partial charge in [0.15, 0.2) is 11.6 Å². The molecule has 0 saturated heterocycles. The Morgan fingerprint density at radius 3 is 2.77 bits per heavy atom. The van der Waals surface area contributed by atoms with Crippen molar-refractivity contribution in [3.05, 3.63) is 28.0 Å². The van der Waals surface area contributed by atoms with Gasteiger partial charge in [0.1, 0.15) is 5.56 Å². The quantitative estimate of drug-likeness (QED) is 0.775. The minimum absolute atomic E-state index is 0.297. The molecule has 0 aromatic heterocycles. The zero-order valence-corrected chi connectivity index (χ0v) is 8.26. The Hall–Kier alpha value is -1.10. The molecule has 1 rings (SSSR count). The second-order valence-electron chi connectivity index (χ2n) is 2.28. The second-order valence-corrected chi connectivity index (χ2v) is 3.19. The van der Waals surface area contributed by atoms with E-state index in [0.29, 0.717) is 4.47 Å². The van der Waals surface area contributed by atoms with Gasteiger partial charge in [0, 0.05) is 4.47 Å². The highest BCUT2D eigenvalue weighted by Crippen LogP contribution is 2.25. The van der Waals surface area contributed by atoms with Crippen molar-refractivity contribution < 1.29 is 19.0 Å². The molecule has 0 fully saturated rings. The average molecular weight is 249 g/mol. The summed E-state index contributed by atoms with van der Waals surface area (Å²) in [6.45, 7) is 0. The largest absolute Gasteiger partial charge is 0.505 e.